The van der Waals surface area contributed by atoms with E-state index in [1.54, 1.807) is 18.2 Å². The highest BCUT2D eigenvalue weighted by molar-refractivity contribution is 7.60. The van der Waals surface area contributed by atoms with Gasteiger partial charge in [-0.05, 0) is 29.4 Å². The maximum atomic E-state index is 12.9. The first-order valence-corrected chi connectivity index (χ1v) is 8.69. The van der Waals surface area contributed by atoms with Crippen LogP contribution in [0, 0.1) is 5.41 Å². The maximum Gasteiger partial charge on any atom is 0.364 e. The molecule has 1 aromatic carbocycles. The zero-order chi connectivity index (χ0) is 16.7. The van der Waals surface area contributed by atoms with Crippen molar-refractivity contribution in [1.29, 1.82) is 0 Å². The number of aromatic nitrogens is 2. The summed E-state index contributed by atoms with van der Waals surface area (Å²) in [5.41, 5.74) is 1.36. The van der Waals surface area contributed by atoms with Crippen molar-refractivity contribution in [2.75, 3.05) is 13.2 Å². The van der Waals surface area contributed by atoms with E-state index in [0.29, 0.717) is 16.6 Å². The first kappa shape index (κ1) is 16.1. The summed E-state index contributed by atoms with van der Waals surface area (Å²) in [4.78, 5) is 12.0. The Hall–Kier alpha value is -1.82. The third kappa shape index (κ3) is 3.13. The lowest BCUT2D eigenvalue weighted by molar-refractivity contribution is -0.113. The van der Waals surface area contributed by atoms with Crippen molar-refractivity contribution in [3.63, 3.8) is 0 Å². The molecule has 0 spiro atoms. The Labute approximate surface area is 133 Å². The zero-order valence-electron chi connectivity index (χ0n) is 13.1. The van der Waals surface area contributed by atoms with Crippen LogP contribution in [0.25, 0.3) is 17.1 Å². The number of carbonyl (C=O) groups is 1. The normalized spacial score (nSPS) is 20.6. The average Bonchev–Trinajstić information content (AvgIpc) is 2.97. The van der Waals surface area contributed by atoms with E-state index in [2.05, 4.69) is 10.3 Å². The van der Waals surface area contributed by atoms with Gasteiger partial charge in [-0.3, -0.25) is 9.36 Å². The van der Waals surface area contributed by atoms with E-state index in [4.69, 9.17) is 13.7 Å². The second-order valence-electron chi connectivity index (χ2n) is 6.27. The quantitative estimate of drug-likeness (QED) is 0.626. The Morgan fingerprint density at radius 3 is 2.61 bits per heavy atom. The molecule has 2 aromatic rings. The average molecular weight is 336 g/mol. The van der Waals surface area contributed by atoms with Gasteiger partial charge in [-0.15, -0.1) is 0 Å². The summed E-state index contributed by atoms with van der Waals surface area (Å²) in [5, 5.41) is 7.56. The molecule has 3 rings (SSSR count). The van der Waals surface area contributed by atoms with Gasteiger partial charge < -0.3 is 9.05 Å². The molecule has 0 aliphatic carbocycles. The van der Waals surface area contributed by atoms with Gasteiger partial charge in [-0.25, -0.2) is 4.63 Å². The Morgan fingerprint density at radius 2 is 1.96 bits per heavy atom. The van der Waals surface area contributed by atoms with E-state index < -0.39 is 7.60 Å². The number of Topliss-reactive ketones (excluding diaryl/α,β-unsaturated/α-hetero) is 1. The van der Waals surface area contributed by atoms with E-state index in [9.17, 15) is 9.36 Å². The van der Waals surface area contributed by atoms with Gasteiger partial charge in [0.05, 0.1) is 13.2 Å². The van der Waals surface area contributed by atoms with Crippen LogP contribution in [-0.4, -0.2) is 29.3 Å². The monoisotopic (exact) mass is 336 g/mol. The van der Waals surface area contributed by atoms with Gasteiger partial charge in [0.25, 0.3) is 0 Å². The standard InChI is InChI=1S/C15H17N2O5P/c1-10(18)13(23(19)20-8-15(2,3)9-21-23)7-11-5-4-6-12-14(11)17-22-16-12/h4-7H,8-9H2,1-3H3/b13-7+. The first-order valence-electron chi connectivity index (χ1n) is 7.14. The van der Waals surface area contributed by atoms with Crippen molar-refractivity contribution in [3.8, 4) is 0 Å². The fraction of sp³-hybridized carbons (Fsp3) is 0.400. The fourth-order valence-electron chi connectivity index (χ4n) is 2.20. The summed E-state index contributed by atoms with van der Waals surface area (Å²) >= 11 is 0. The summed E-state index contributed by atoms with van der Waals surface area (Å²) in [6.45, 7) is 5.72. The molecule has 0 amide bonds. The highest BCUT2D eigenvalue weighted by Crippen LogP contribution is 2.60. The summed E-state index contributed by atoms with van der Waals surface area (Å²) in [6, 6.07) is 5.21. The molecule has 7 nitrogen and oxygen atoms in total. The van der Waals surface area contributed by atoms with E-state index in [0.717, 1.165) is 0 Å². The summed E-state index contributed by atoms with van der Waals surface area (Å²) in [6.07, 6.45) is 1.48. The van der Waals surface area contributed by atoms with Crippen LogP contribution in [0.4, 0.5) is 0 Å². The van der Waals surface area contributed by atoms with Crippen LogP contribution in [0.15, 0.2) is 28.1 Å². The van der Waals surface area contributed by atoms with E-state index in [1.165, 1.54) is 13.0 Å². The fourth-order valence-corrected chi connectivity index (χ4v) is 4.28. The van der Waals surface area contributed by atoms with Gasteiger partial charge in [-0.1, -0.05) is 26.0 Å². The van der Waals surface area contributed by atoms with Crippen molar-refractivity contribution in [3.05, 3.63) is 29.1 Å². The van der Waals surface area contributed by atoms with Gasteiger partial charge in [0.2, 0.25) is 0 Å². The van der Waals surface area contributed by atoms with Crippen LogP contribution in [-0.2, 0) is 18.4 Å². The summed E-state index contributed by atoms with van der Waals surface area (Å²) < 4.78 is 28.6. The van der Waals surface area contributed by atoms with Crippen LogP contribution in [0.1, 0.15) is 26.3 Å². The first-order chi connectivity index (χ1) is 10.8. The van der Waals surface area contributed by atoms with E-state index in [-0.39, 0.29) is 29.7 Å². The maximum absolute atomic E-state index is 12.9. The number of benzene rings is 1. The van der Waals surface area contributed by atoms with Gasteiger partial charge in [0, 0.05) is 11.0 Å². The largest absolute Gasteiger partial charge is 0.364 e. The molecule has 1 aliphatic rings. The highest BCUT2D eigenvalue weighted by atomic mass is 31.2. The second kappa shape index (κ2) is 5.67. The lowest BCUT2D eigenvalue weighted by Crippen LogP contribution is -2.30. The summed E-state index contributed by atoms with van der Waals surface area (Å²) in [7, 11) is -3.65. The predicted molar refractivity (Wildman–Crippen MR) is 83.8 cm³/mol. The minimum atomic E-state index is -3.65. The highest BCUT2D eigenvalue weighted by Gasteiger charge is 2.41. The smallest absolute Gasteiger partial charge is 0.304 e. The molecule has 0 radical (unpaired) electrons. The molecular weight excluding hydrogens is 319 g/mol. The van der Waals surface area contributed by atoms with Crippen molar-refractivity contribution in [1.82, 2.24) is 10.3 Å². The molecule has 1 aliphatic heterocycles. The lowest BCUT2D eigenvalue weighted by Gasteiger charge is -2.34. The van der Waals surface area contributed by atoms with Crippen LogP contribution >= 0.6 is 7.60 Å². The third-order valence-corrected chi connectivity index (χ3v) is 5.49. The summed E-state index contributed by atoms with van der Waals surface area (Å²) in [5.74, 6) is -0.374. The molecule has 23 heavy (non-hydrogen) atoms. The molecule has 0 unspecified atom stereocenters. The SMILES string of the molecule is CC(=O)/C(=C\c1cccc2nonc12)P1(=O)OCC(C)(C)CO1. The van der Waals surface area contributed by atoms with Crippen LogP contribution in [0.5, 0.6) is 0 Å². The van der Waals surface area contributed by atoms with E-state index >= 15 is 0 Å². The molecule has 122 valence electrons. The van der Waals surface area contributed by atoms with Crippen LogP contribution < -0.4 is 0 Å². The molecule has 8 heteroatoms. The molecular formula is C15H17N2O5P. The van der Waals surface area contributed by atoms with Gasteiger partial charge >= 0.3 is 7.60 Å². The Balaban J connectivity index is 2.04. The van der Waals surface area contributed by atoms with Crippen molar-refractivity contribution in [2.45, 2.75) is 20.8 Å². The minimum absolute atomic E-state index is 0.00324. The zero-order valence-corrected chi connectivity index (χ0v) is 14.0. The second-order valence-corrected chi connectivity index (χ2v) is 8.27. The van der Waals surface area contributed by atoms with Crippen LogP contribution in [0.2, 0.25) is 0 Å². The molecule has 0 N–H and O–H groups in total. The van der Waals surface area contributed by atoms with Gasteiger partial charge in [0.15, 0.2) is 5.78 Å². The number of hydrogen-bond acceptors (Lipinski definition) is 7. The van der Waals surface area contributed by atoms with Gasteiger partial charge in [-0.2, -0.15) is 0 Å². The Bertz CT molecular complexity index is 825. The number of hydrogen-bond donors (Lipinski definition) is 0. The number of fused-ring (bicyclic) bond motifs is 1. The minimum Gasteiger partial charge on any atom is -0.304 e. The predicted octanol–water partition coefficient (Wildman–Crippen LogP) is 3.42. The number of ketones is 1. The number of rotatable bonds is 3. The molecule has 0 bridgehead atoms. The number of nitrogens with zero attached hydrogens (tertiary/aromatic N) is 2. The third-order valence-electron chi connectivity index (χ3n) is 3.52. The molecule has 1 fully saturated rings. The Kier molecular flexibility index (Phi) is 3.96. The van der Waals surface area contributed by atoms with Crippen molar-refractivity contribution < 1.29 is 23.0 Å². The van der Waals surface area contributed by atoms with Gasteiger partial charge in [0.1, 0.15) is 16.3 Å². The molecule has 0 atom stereocenters. The lowest BCUT2D eigenvalue weighted by atomic mass is 9.97. The topological polar surface area (TPSA) is 91.5 Å². The van der Waals surface area contributed by atoms with Crippen molar-refractivity contribution >= 4 is 30.5 Å². The van der Waals surface area contributed by atoms with Crippen molar-refractivity contribution in [2.24, 2.45) is 5.41 Å². The molecule has 0 saturated carbocycles. The molecule has 1 aromatic heterocycles. The van der Waals surface area contributed by atoms with E-state index in [1.807, 2.05) is 13.8 Å². The molecule has 1 saturated heterocycles. The molecule has 2 heterocycles. The van der Waals surface area contributed by atoms with Crippen LogP contribution in [0.3, 0.4) is 0 Å². The number of allylic oxidation sites excluding steroid dienone is 1. The number of carbonyl (C=O) groups excluding carboxylic acids is 1. The Morgan fingerprint density at radius 1 is 1.26 bits per heavy atom.